The summed E-state index contributed by atoms with van der Waals surface area (Å²) in [5, 5.41) is 4.24. The van der Waals surface area contributed by atoms with Gasteiger partial charge in [-0.25, -0.2) is 9.18 Å². The number of carbonyl (C=O) groups excluding carboxylic acids is 2. The quantitative estimate of drug-likeness (QED) is 0.313. The van der Waals surface area contributed by atoms with Crippen LogP contribution in [0.5, 0.6) is 0 Å². The molecular weight excluding hydrogens is 441 g/mol. The van der Waals surface area contributed by atoms with E-state index in [1.165, 1.54) is 6.07 Å². The van der Waals surface area contributed by atoms with Gasteiger partial charge in [0.2, 0.25) is 0 Å². The van der Waals surface area contributed by atoms with Gasteiger partial charge in [0.25, 0.3) is 5.91 Å². The predicted molar refractivity (Wildman–Crippen MR) is 126 cm³/mol. The number of hydrogen-bond donors (Lipinski definition) is 1. The van der Waals surface area contributed by atoms with Crippen molar-refractivity contribution < 1.29 is 14.0 Å². The van der Waals surface area contributed by atoms with E-state index in [0.717, 1.165) is 26.9 Å². The van der Waals surface area contributed by atoms with Gasteiger partial charge in [-0.3, -0.25) is 9.69 Å². The first kappa shape index (κ1) is 21.0. The third-order valence-electron chi connectivity index (χ3n) is 5.67. The Balaban J connectivity index is 1.48. The van der Waals surface area contributed by atoms with E-state index in [1.807, 2.05) is 54.7 Å². The van der Waals surface area contributed by atoms with Crippen LogP contribution in [0, 0.1) is 5.82 Å². The summed E-state index contributed by atoms with van der Waals surface area (Å²) in [6.45, 7) is 0.423. The Hall–Kier alpha value is -3.90. The molecule has 3 amide bonds. The molecule has 4 aromatic rings. The maximum atomic E-state index is 14.0. The van der Waals surface area contributed by atoms with E-state index in [2.05, 4.69) is 9.88 Å². The molecule has 2 heterocycles. The highest BCUT2D eigenvalue weighted by Crippen LogP contribution is 2.27. The van der Waals surface area contributed by atoms with Crippen LogP contribution in [0.2, 0.25) is 5.02 Å². The second-order valence-electron chi connectivity index (χ2n) is 7.79. The highest BCUT2D eigenvalue weighted by atomic mass is 35.5. The number of fused-ring (bicyclic) bond motifs is 1. The van der Waals surface area contributed by atoms with Crippen LogP contribution in [0.25, 0.3) is 17.0 Å². The summed E-state index contributed by atoms with van der Waals surface area (Å²) < 4.78 is 16.1. The Morgan fingerprint density at radius 3 is 2.36 bits per heavy atom. The third kappa shape index (κ3) is 4.01. The van der Waals surface area contributed by atoms with Crippen molar-refractivity contribution in [2.45, 2.75) is 13.1 Å². The number of imide groups is 1. The van der Waals surface area contributed by atoms with Gasteiger partial charge in [0.15, 0.2) is 0 Å². The van der Waals surface area contributed by atoms with E-state index in [9.17, 15) is 14.0 Å². The summed E-state index contributed by atoms with van der Waals surface area (Å²) in [5.74, 6) is -0.954. The normalized spacial score (nSPS) is 15.0. The number of carbonyl (C=O) groups is 2. The smallest absolute Gasteiger partial charge is 0.329 e. The van der Waals surface area contributed by atoms with E-state index in [-0.39, 0.29) is 17.8 Å². The fraction of sp³-hybridized carbons (Fsp3) is 0.0769. The summed E-state index contributed by atoms with van der Waals surface area (Å²) in [6, 6.07) is 21.0. The molecule has 1 aliphatic rings. The van der Waals surface area contributed by atoms with Crippen LogP contribution in [-0.4, -0.2) is 21.4 Å². The maximum absolute atomic E-state index is 14.0. The average Bonchev–Trinajstić information content (AvgIpc) is 3.29. The number of amides is 3. The van der Waals surface area contributed by atoms with Crippen molar-refractivity contribution in [3.8, 4) is 0 Å². The number of urea groups is 1. The van der Waals surface area contributed by atoms with Crippen LogP contribution in [-0.2, 0) is 17.9 Å². The second-order valence-corrected chi connectivity index (χ2v) is 8.20. The molecule has 0 unspecified atom stereocenters. The lowest BCUT2D eigenvalue weighted by Crippen LogP contribution is -2.30. The molecule has 0 bridgehead atoms. The molecular formula is C26H19ClFN3O2. The minimum Gasteiger partial charge on any atom is -0.342 e. The number of hydrogen-bond acceptors (Lipinski definition) is 2. The molecule has 1 N–H and O–H groups in total. The number of halogens is 2. The number of rotatable bonds is 5. The molecule has 1 fully saturated rings. The zero-order valence-corrected chi connectivity index (χ0v) is 18.2. The van der Waals surface area contributed by atoms with Crippen LogP contribution in [0.15, 0.2) is 84.7 Å². The molecule has 5 rings (SSSR count). The molecule has 1 aliphatic heterocycles. The number of benzene rings is 3. The standard InChI is InChI=1S/C26H19ClFN3O2/c27-21-10-4-1-7-17(21)14-30-15-19(20-9-3-6-12-24(20)30)13-23-25(32)31(26(33)29-23)16-18-8-2-5-11-22(18)28/h1-13,15H,14,16H2,(H,29,33)/b23-13+. The summed E-state index contributed by atoms with van der Waals surface area (Å²) >= 11 is 6.35. The molecule has 0 radical (unpaired) electrons. The minimum absolute atomic E-state index is 0.136. The Labute approximate surface area is 194 Å². The molecule has 0 aliphatic carbocycles. The molecule has 0 spiro atoms. The van der Waals surface area contributed by atoms with Crippen molar-refractivity contribution in [1.29, 1.82) is 0 Å². The zero-order chi connectivity index (χ0) is 22.9. The highest BCUT2D eigenvalue weighted by molar-refractivity contribution is 6.31. The molecule has 1 saturated heterocycles. The minimum atomic E-state index is -0.575. The van der Waals surface area contributed by atoms with Gasteiger partial charge in [-0.1, -0.05) is 66.2 Å². The predicted octanol–water partition coefficient (Wildman–Crippen LogP) is 5.58. The van der Waals surface area contributed by atoms with Gasteiger partial charge in [-0.15, -0.1) is 0 Å². The first-order valence-corrected chi connectivity index (χ1v) is 10.8. The van der Waals surface area contributed by atoms with Crippen LogP contribution in [0.4, 0.5) is 9.18 Å². The van der Waals surface area contributed by atoms with Gasteiger partial charge >= 0.3 is 6.03 Å². The van der Waals surface area contributed by atoms with E-state index < -0.39 is 17.8 Å². The first-order valence-electron chi connectivity index (χ1n) is 10.4. The van der Waals surface area contributed by atoms with Crippen molar-refractivity contribution in [3.63, 3.8) is 0 Å². The zero-order valence-electron chi connectivity index (χ0n) is 17.5. The molecule has 1 aromatic heterocycles. The van der Waals surface area contributed by atoms with Crippen molar-refractivity contribution in [2.24, 2.45) is 0 Å². The summed E-state index contributed by atoms with van der Waals surface area (Å²) in [6.07, 6.45) is 3.59. The van der Waals surface area contributed by atoms with Gasteiger partial charge in [-0.05, 0) is 29.8 Å². The lowest BCUT2D eigenvalue weighted by molar-refractivity contribution is -0.123. The Kier molecular flexibility index (Phi) is 5.44. The summed E-state index contributed by atoms with van der Waals surface area (Å²) in [7, 11) is 0. The van der Waals surface area contributed by atoms with Gasteiger partial charge < -0.3 is 9.88 Å². The van der Waals surface area contributed by atoms with E-state index in [0.29, 0.717) is 11.6 Å². The molecule has 0 atom stereocenters. The molecule has 164 valence electrons. The van der Waals surface area contributed by atoms with E-state index in [1.54, 1.807) is 24.3 Å². The van der Waals surface area contributed by atoms with Crippen molar-refractivity contribution >= 4 is 40.5 Å². The fourth-order valence-electron chi connectivity index (χ4n) is 4.00. The fourth-order valence-corrected chi connectivity index (χ4v) is 4.19. The molecule has 3 aromatic carbocycles. The van der Waals surface area contributed by atoms with Crippen LogP contribution in [0.3, 0.4) is 0 Å². The average molecular weight is 460 g/mol. The molecule has 0 saturated carbocycles. The van der Waals surface area contributed by atoms with E-state index >= 15 is 0 Å². The topological polar surface area (TPSA) is 54.3 Å². The summed E-state index contributed by atoms with van der Waals surface area (Å²) in [5.41, 5.74) is 3.16. The van der Waals surface area contributed by atoms with Crippen molar-refractivity contribution in [2.75, 3.05) is 0 Å². The third-order valence-corrected chi connectivity index (χ3v) is 6.04. The van der Waals surface area contributed by atoms with Crippen molar-refractivity contribution in [1.82, 2.24) is 14.8 Å². The molecule has 7 heteroatoms. The van der Waals surface area contributed by atoms with Crippen LogP contribution < -0.4 is 5.32 Å². The number of aromatic nitrogens is 1. The van der Waals surface area contributed by atoms with Crippen LogP contribution in [0.1, 0.15) is 16.7 Å². The van der Waals surface area contributed by atoms with Gasteiger partial charge in [-0.2, -0.15) is 0 Å². The Morgan fingerprint density at radius 1 is 0.879 bits per heavy atom. The first-order chi connectivity index (χ1) is 16.0. The van der Waals surface area contributed by atoms with Crippen LogP contribution >= 0.6 is 11.6 Å². The maximum Gasteiger partial charge on any atom is 0.329 e. The van der Waals surface area contributed by atoms with E-state index in [4.69, 9.17) is 11.6 Å². The van der Waals surface area contributed by atoms with Gasteiger partial charge in [0, 0.05) is 39.8 Å². The monoisotopic (exact) mass is 459 g/mol. The Bertz CT molecular complexity index is 1430. The largest absolute Gasteiger partial charge is 0.342 e. The molecule has 5 nitrogen and oxygen atoms in total. The Morgan fingerprint density at radius 2 is 1.58 bits per heavy atom. The van der Waals surface area contributed by atoms with Gasteiger partial charge in [0.05, 0.1) is 6.54 Å². The highest BCUT2D eigenvalue weighted by Gasteiger charge is 2.34. The summed E-state index contributed by atoms with van der Waals surface area (Å²) in [4.78, 5) is 26.4. The molecule has 33 heavy (non-hydrogen) atoms. The number of nitrogens with one attached hydrogen (secondary N) is 1. The SMILES string of the molecule is O=C1N/C(=C/c2cn(Cc3ccccc3Cl)c3ccccc23)C(=O)N1Cc1ccccc1F. The number of nitrogens with zero attached hydrogens (tertiary/aromatic N) is 2. The van der Waals surface area contributed by atoms with Crippen molar-refractivity contribution in [3.05, 3.63) is 112 Å². The second kappa shape index (κ2) is 8.56. The van der Waals surface area contributed by atoms with Gasteiger partial charge in [0.1, 0.15) is 11.5 Å². The lowest BCUT2D eigenvalue weighted by Gasteiger charge is -2.12. The number of para-hydroxylation sites is 1. The lowest BCUT2D eigenvalue weighted by atomic mass is 10.1.